The first-order valence-electron chi connectivity index (χ1n) is 3.28. The van der Waals surface area contributed by atoms with Crippen LogP contribution in [0.25, 0.3) is 0 Å². The Morgan fingerprint density at radius 1 is 1.17 bits per heavy atom. The molecule has 1 aromatic rings. The van der Waals surface area contributed by atoms with Crippen LogP contribution < -0.4 is 4.46 Å². The molecule has 0 radical (unpaired) electrons. The van der Waals surface area contributed by atoms with E-state index in [2.05, 4.69) is 55.7 Å². The van der Waals surface area contributed by atoms with E-state index in [0.29, 0.717) is 29.9 Å². The number of benzene rings is 1. The van der Waals surface area contributed by atoms with Gasteiger partial charge in [0, 0.05) is 0 Å². The van der Waals surface area contributed by atoms with Crippen molar-refractivity contribution in [3.63, 3.8) is 0 Å². The minimum absolute atomic E-state index is 0.346. The van der Waals surface area contributed by atoms with Gasteiger partial charge in [-0.05, 0) is 0 Å². The molecule has 3 heteroatoms. The van der Waals surface area contributed by atoms with E-state index in [1.165, 1.54) is 4.46 Å². The molecule has 0 aromatic heterocycles. The molecule has 0 aliphatic rings. The second-order valence-electron chi connectivity index (χ2n) is 1.96. The Morgan fingerprint density at radius 2 is 1.83 bits per heavy atom. The van der Waals surface area contributed by atoms with Gasteiger partial charge in [-0.25, -0.2) is 0 Å². The predicted octanol–water partition coefficient (Wildman–Crippen LogP) is 1.45. The zero-order valence-corrected chi connectivity index (χ0v) is 11.5. The van der Waals surface area contributed by atoms with E-state index < -0.39 is 0 Å². The maximum absolute atomic E-state index is 3.40. The molecular weight excluding hydrogens is 346 g/mol. The zero-order valence-electron chi connectivity index (χ0n) is 6.50. The van der Waals surface area contributed by atoms with E-state index >= 15 is 0 Å². The normalized spacial score (nSPS) is 8.83. The van der Waals surface area contributed by atoms with Gasteiger partial charge in [-0.1, -0.05) is 0 Å². The van der Waals surface area contributed by atoms with Crippen LogP contribution in [0.3, 0.4) is 0 Å². The Balaban J connectivity index is 2.59. The summed E-state index contributed by atoms with van der Waals surface area (Å²) in [5.41, 5.74) is 0. The van der Waals surface area contributed by atoms with Crippen LogP contribution in [0.2, 0.25) is 5.82 Å². The van der Waals surface area contributed by atoms with Crippen LogP contribution in [0, 0.1) is 9.64 Å². The van der Waals surface area contributed by atoms with Crippen LogP contribution in [-0.2, 0) is 0 Å². The second-order valence-corrected chi connectivity index (χ2v) is 6.01. The van der Waals surface area contributed by atoms with Gasteiger partial charge in [0.15, 0.2) is 0 Å². The molecule has 0 bridgehead atoms. The zero-order chi connectivity index (χ0) is 8.81. The van der Waals surface area contributed by atoms with Crippen molar-refractivity contribution in [2.75, 3.05) is 0 Å². The Bertz CT molecular complexity index is 295. The maximum atomic E-state index is 3.40. The summed E-state index contributed by atoms with van der Waals surface area (Å²) >= 11 is 4.24. The third-order valence-electron chi connectivity index (χ3n) is 1.13. The average Bonchev–Trinajstić information content (AvgIpc) is 2.09. The number of hydrogen-bond acceptors (Lipinski definition) is 0. The van der Waals surface area contributed by atoms with E-state index in [0.717, 1.165) is 4.47 Å². The summed E-state index contributed by atoms with van der Waals surface area (Å²) in [5.74, 6) is 2.14. The molecule has 0 saturated heterocycles. The molecule has 0 spiro atoms. The fourth-order valence-corrected chi connectivity index (χ4v) is 3.33. The molecule has 0 aliphatic carbocycles. The van der Waals surface area contributed by atoms with Gasteiger partial charge in [-0.15, -0.1) is 0 Å². The van der Waals surface area contributed by atoms with Gasteiger partial charge in [0.2, 0.25) is 0 Å². The van der Waals surface area contributed by atoms with Crippen LogP contribution in [-0.4, -0.2) is 29.9 Å². The number of rotatable bonds is 1. The third kappa shape index (κ3) is 3.80. The van der Waals surface area contributed by atoms with Crippen molar-refractivity contribution < 1.29 is 0 Å². The Hall–Kier alpha value is 0.299. The molecule has 0 amide bonds. The van der Waals surface area contributed by atoms with Crippen molar-refractivity contribution >= 4 is 50.3 Å². The summed E-state index contributed by atoms with van der Waals surface area (Å²) in [6.45, 7) is 0. The van der Waals surface area contributed by atoms with Gasteiger partial charge in [-0.2, -0.15) is 0 Å². The van der Waals surface area contributed by atoms with Crippen LogP contribution in [0.5, 0.6) is 0 Å². The first kappa shape index (κ1) is 10.4. The average molecular weight is 353 g/mol. The van der Waals surface area contributed by atoms with Crippen LogP contribution in [0.15, 0.2) is 28.7 Å². The minimum atomic E-state index is 0.346. The standard InChI is InChI=1S/C9H7BrSe2/c1-11-6-7-12-9-4-2-8(10)3-5-9/h2-5H,1H3. The molecule has 1 rings (SSSR count). The second kappa shape index (κ2) is 5.86. The fraction of sp³-hybridized carbons (Fsp3) is 0.111. The van der Waals surface area contributed by atoms with Crippen molar-refractivity contribution in [3.05, 3.63) is 28.7 Å². The summed E-state index contributed by atoms with van der Waals surface area (Å²) < 4.78 is 2.48. The Labute approximate surface area is 94.0 Å². The summed E-state index contributed by atoms with van der Waals surface area (Å²) in [6, 6.07) is 8.38. The fourth-order valence-electron chi connectivity index (χ4n) is 0.624. The molecule has 0 N–H and O–H groups in total. The molecule has 1 aromatic carbocycles. The quantitative estimate of drug-likeness (QED) is 0.530. The summed E-state index contributed by atoms with van der Waals surface area (Å²) in [7, 11) is 0. The van der Waals surface area contributed by atoms with Gasteiger partial charge in [0.1, 0.15) is 0 Å². The van der Waals surface area contributed by atoms with E-state index in [9.17, 15) is 0 Å². The van der Waals surface area contributed by atoms with Crippen molar-refractivity contribution in [2.45, 2.75) is 5.82 Å². The van der Waals surface area contributed by atoms with Gasteiger partial charge >= 0.3 is 94.5 Å². The summed E-state index contributed by atoms with van der Waals surface area (Å²) in [4.78, 5) is 6.34. The van der Waals surface area contributed by atoms with Crippen LogP contribution in [0.4, 0.5) is 0 Å². The number of hydrogen-bond donors (Lipinski definition) is 0. The van der Waals surface area contributed by atoms with Crippen molar-refractivity contribution in [1.82, 2.24) is 0 Å². The molecule has 0 saturated carbocycles. The van der Waals surface area contributed by atoms with Gasteiger partial charge < -0.3 is 0 Å². The summed E-state index contributed by atoms with van der Waals surface area (Å²) in [6.07, 6.45) is 0. The van der Waals surface area contributed by atoms with Crippen molar-refractivity contribution in [1.29, 1.82) is 0 Å². The number of halogens is 1. The first-order chi connectivity index (χ1) is 5.83. The van der Waals surface area contributed by atoms with Crippen LogP contribution in [0.1, 0.15) is 0 Å². The molecule has 0 fully saturated rings. The molecule has 0 heterocycles. The van der Waals surface area contributed by atoms with Gasteiger partial charge in [0.05, 0.1) is 0 Å². The predicted molar refractivity (Wildman–Crippen MR) is 58.9 cm³/mol. The topological polar surface area (TPSA) is 0 Å². The summed E-state index contributed by atoms with van der Waals surface area (Å²) in [5, 5.41) is 0. The Morgan fingerprint density at radius 3 is 2.42 bits per heavy atom. The third-order valence-corrected chi connectivity index (χ3v) is 4.45. The van der Waals surface area contributed by atoms with E-state index in [1.54, 1.807) is 0 Å². The van der Waals surface area contributed by atoms with E-state index in [-0.39, 0.29) is 0 Å². The monoisotopic (exact) mass is 354 g/mol. The van der Waals surface area contributed by atoms with E-state index in [4.69, 9.17) is 0 Å². The molecule has 0 aliphatic heterocycles. The first-order valence-corrected chi connectivity index (χ1v) is 8.36. The molecule has 0 unspecified atom stereocenters. The van der Waals surface area contributed by atoms with Gasteiger partial charge in [0.25, 0.3) is 0 Å². The van der Waals surface area contributed by atoms with Gasteiger partial charge in [-0.3, -0.25) is 0 Å². The van der Waals surface area contributed by atoms with Crippen molar-refractivity contribution in [2.24, 2.45) is 0 Å². The van der Waals surface area contributed by atoms with Crippen LogP contribution >= 0.6 is 15.9 Å². The molecule has 12 heavy (non-hydrogen) atoms. The van der Waals surface area contributed by atoms with E-state index in [1.807, 2.05) is 0 Å². The Kier molecular flexibility index (Phi) is 5.07. The molecular formula is C9H7BrSe2. The SMILES string of the molecule is C[Se]C#C[Se]c1ccc(Br)cc1. The molecule has 0 atom stereocenters. The molecule has 0 nitrogen and oxygen atoms in total. The molecule has 62 valence electrons. The van der Waals surface area contributed by atoms with Crippen molar-refractivity contribution in [3.8, 4) is 9.64 Å².